The number of hydrogen-bond donors (Lipinski definition) is 1. The van der Waals surface area contributed by atoms with Crippen molar-refractivity contribution in [3.05, 3.63) is 30.2 Å². The molecule has 196 valence electrons. The minimum atomic E-state index is -3.41. The Morgan fingerprint density at radius 3 is 2.73 bits per heavy atom. The van der Waals surface area contributed by atoms with Crippen molar-refractivity contribution in [1.82, 2.24) is 34.5 Å². The van der Waals surface area contributed by atoms with Crippen molar-refractivity contribution in [1.29, 1.82) is 0 Å². The van der Waals surface area contributed by atoms with Gasteiger partial charge in [0.15, 0.2) is 5.82 Å². The zero-order valence-electron chi connectivity index (χ0n) is 22.4. The van der Waals surface area contributed by atoms with Crippen molar-refractivity contribution >= 4 is 22.5 Å². The first-order valence-electron chi connectivity index (χ1n) is 13.0. The fraction of sp³-hybridized carbons (Fsp3) is 0.478. The maximum absolute atomic E-state index is 15.4. The van der Waals surface area contributed by atoms with E-state index in [1.807, 2.05) is 0 Å². The van der Waals surface area contributed by atoms with E-state index in [2.05, 4.69) is 25.7 Å². The molecule has 6 rings (SSSR count). The van der Waals surface area contributed by atoms with Gasteiger partial charge in [0.1, 0.15) is 11.0 Å². The summed E-state index contributed by atoms with van der Waals surface area (Å²) in [6.45, 7) is -3.72. The van der Waals surface area contributed by atoms with Gasteiger partial charge in [-0.25, -0.2) is 31.1 Å². The van der Waals surface area contributed by atoms with Gasteiger partial charge >= 0.3 is 0 Å². The number of fused-ring (bicyclic) bond motifs is 2. The summed E-state index contributed by atoms with van der Waals surface area (Å²) in [5.74, 6) is -7.26. The number of rotatable bonds is 5. The average molecular weight is 526 g/mol. The number of likely N-dealkylation sites (tertiary alicyclic amines) is 1. The largest absolute Gasteiger partial charge is 0.479 e. The Bertz CT molecular complexity index is 1600. The summed E-state index contributed by atoms with van der Waals surface area (Å²) in [4.78, 5) is 4.91. The molecule has 1 aliphatic heterocycles. The molecule has 1 aliphatic carbocycles. The predicted octanol–water partition coefficient (Wildman–Crippen LogP) is 4.01. The number of nitrogens with one attached hydrogen (secondary N) is 1. The van der Waals surface area contributed by atoms with Crippen LogP contribution in [0.4, 0.5) is 27.9 Å². The Morgan fingerprint density at radius 1 is 1.22 bits per heavy atom. The summed E-state index contributed by atoms with van der Waals surface area (Å²) in [5, 5.41) is 14.7. The van der Waals surface area contributed by atoms with Crippen LogP contribution in [0.1, 0.15) is 29.4 Å². The third-order valence-electron chi connectivity index (χ3n) is 6.82. The molecule has 0 amide bonds. The summed E-state index contributed by atoms with van der Waals surface area (Å²) in [7, 11) is 1.28. The molecule has 2 fully saturated rings. The highest BCUT2D eigenvalue weighted by molar-refractivity contribution is 5.89. The summed E-state index contributed by atoms with van der Waals surface area (Å²) < 4.78 is 102. The third kappa shape index (κ3) is 4.03. The summed E-state index contributed by atoms with van der Waals surface area (Å²) in [6, 6.07) is 2.74. The van der Waals surface area contributed by atoms with Crippen LogP contribution in [0.2, 0.25) is 0 Å². The maximum atomic E-state index is 15.4. The lowest BCUT2D eigenvalue weighted by atomic mass is 9.88. The fourth-order valence-electron chi connectivity index (χ4n) is 4.94. The minimum absolute atomic E-state index is 0.0494. The van der Waals surface area contributed by atoms with Crippen LogP contribution < -0.4 is 10.1 Å². The predicted molar refractivity (Wildman–Crippen MR) is 124 cm³/mol. The number of alkyl halides is 4. The maximum Gasteiger partial charge on any atom is 0.280 e. The number of nitrogens with zero attached hydrogens (tertiary/aromatic N) is 7. The zero-order valence-corrected chi connectivity index (χ0v) is 19.4. The van der Waals surface area contributed by atoms with Gasteiger partial charge in [0.25, 0.3) is 11.8 Å². The summed E-state index contributed by atoms with van der Waals surface area (Å²) in [5.41, 5.74) is 1.41. The number of benzene rings is 1. The summed E-state index contributed by atoms with van der Waals surface area (Å²) in [6.07, 6.45) is 0.104. The highest BCUT2D eigenvalue weighted by atomic mass is 19.3. The van der Waals surface area contributed by atoms with Gasteiger partial charge < -0.3 is 15.0 Å². The Kier molecular flexibility index (Phi) is 4.56. The Labute approximate surface area is 211 Å². The second-order valence-electron chi connectivity index (χ2n) is 9.41. The molecule has 0 bridgehead atoms. The number of anilines is 1. The Hall–Kier alpha value is -3.55. The van der Waals surface area contributed by atoms with Gasteiger partial charge in [-0.1, -0.05) is 11.3 Å². The average Bonchev–Trinajstić information content (AvgIpc) is 3.41. The van der Waals surface area contributed by atoms with E-state index in [0.29, 0.717) is 16.6 Å². The number of halogens is 5. The van der Waals surface area contributed by atoms with E-state index < -0.39 is 43.3 Å². The van der Waals surface area contributed by atoms with E-state index in [-0.39, 0.29) is 48.7 Å². The van der Waals surface area contributed by atoms with E-state index in [4.69, 9.17) is 8.85 Å². The standard InChI is InChI=1S/C23H23F5N8O/c1-34-6-5-17(23(27,28)11-34)29-21-30-20(37-2)19-18(14(24)10-35(19)32-21)12-3-4-15-16(7-12)36(33-31-15)13-8-22(25,26)9-13/h3-4,7,10,13,17H,5-6,8-9,11H2,1-2H3,(H,29,32)/i1D3. The van der Waals surface area contributed by atoms with Crippen LogP contribution in [0.5, 0.6) is 5.88 Å². The van der Waals surface area contributed by atoms with Crippen LogP contribution in [0.15, 0.2) is 24.4 Å². The van der Waals surface area contributed by atoms with Gasteiger partial charge in [-0.15, -0.1) is 10.2 Å². The molecule has 1 saturated carbocycles. The number of methoxy groups -OCH3 is 1. The molecule has 3 aromatic heterocycles. The molecule has 1 saturated heterocycles. The van der Waals surface area contributed by atoms with Crippen LogP contribution in [0.3, 0.4) is 0 Å². The molecule has 0 radical (unpaired) electrons. The van der Waals surface area contributed by atoms with Gasteiger partial charge in [-0.05, 0) is 31.1 Å². The summed E-state index contributed by atoms with van der Waals surface area (Å²) >= 11 is 0. The molecule has 14 heteroatoms. The van der Waals surface area contributed by atoms with Crippen molar-refractivity contribution < 1.29 is 30.8 Å². The molecule has 1 atom stereocenters. The van der Waals surface area contributed by atoms with Crippen molar-refractivity contribution in [3.63, 3.8) is 0 Å². The highest BCUT2D eigenvalue weighted by Crippen LogP contribution is 2.46. The monoisotopic (exact) mass is 525 g/mol. The zero-order chi connectivity index (χ0) is 28.6. The van der Waals surface area contributed by atoms with Crippen molar-refractivity contribution in [3.8, 4) is 17.0 Å². The van der Waals surface area contributed by atoms with Gasteiger partial charge in [0.05, 0.1) is 43.0 Å². The lowest BCUT2D eigenvalue weighted by Crippen LogP contribution is -2.53. The van der Waals surface area contributed by atoms with Gasteiger partial charge in [-0.3, -0.25) is 0 Å². The first-order valence-corrected chi connectivity index (χ1v) is 11.5. The number of aromatic nitrogens is 6. The van der Waals surface area contributed by atoms with Gasteiger partial charge in [-0.2, -0.15) is 4.98 Å². The topological polar surface area (TPSA) is 85.4 Å². The second kappa shape index (κ2) is 8.23. The number of hydrogen-bond acceptors (Lipinski definition) is 7. The Morgan fingerprint density at radius 2 is 2.03 bits per heavy atom. The lowest BCUT2D eigenvalue weighted by Gasteiger charge is -2.36. The third-order valence-corrected chi connectivity index (χ3v) is 6.82. The van der Waals surface area contributed by atoms with E-state index in [1.165, 1.54) is 11.8 Å². The van der Waals surface area contributed by atoms with E-state index in [1.54, 1.807) is 18.2 Å². The molecule has 1 N–H and O–H groups in total. The van der Waals surface area contributed by atoms with Crippen LogP contribution in [0, 0.1) is 5.82 Å². The molecule has 1 aromatic carbocycles. The van der Waals surface area contributed by atoms with E-state index in [0.717, 1.165) is 15.6 Å². The molecule has 2 aliphatic rings. The van der Waals surface area contributed by atoms with Crippen molar-refractivity contribution in [2.24, 2.45) is 0 Å². The molecule has 4 heterocycles. The van der Waals surface area contributed by atoms with E-state index >= 15 is 4.39 Å². The highest BCUT2D eigenvalue weighted by Gasteiger charge is 2.47. The van der Waals surface area contributed by atoms with E-state index in [9.17, 15) is 17.6 Å². The minimum Gasteiger partial charge on any atom is -0.479 e. The van der Waals surface area contributed by atoms with Crippen molar-refractivity contribution in [2.45, 2.75) is 43.2 Å². The van der Waals surface area contributed by atoms with Gasteiger partial charge in [0, 0.05) is 23.5 Å². The normalized spacial score (nSPS) is 23.4. The van der Waals surface area contributed by atoms with Crippen LogP contribution in [-0.4, -0.2) is 79.6 Å². The molecule has 37 heavy (non-hydrogen) atoms. The first-order chi connectivity index (χ1) is 18.8. The smallest absolute Gasteiger partial charge is 0.280 e. The quantitative estimate of drug-likeness (QED) is 0.394. The number of ether oxygens (including phenoxy) is 1. The van der Waals surface area contributed by atoms with Gasteiger partial charge in [0.2, 0.25) is 11.8 Å². The molecule has 0 spiro atoms. The number of piperidine rings is 1. The fourth-order valence-corrected chi connectivity index (χ4v) is 4.94. The lowest BCUT2D eigenvalue weighted by molar-refractivity contribution is -0.106. The van der Waals surface area contributed by atoms with Crippen LogP contribution >= 0.6 is 0 Å². The van der Waals surface area contributed by atoms with Crippen LogP contribution in [-0.2, 0) is 0 Å². The van der Waals surface area contributed by atoms with Crippen molar-refractivity contribution in [2.75, 3.05) is 32.5 Å². The SMILES string of the molecule is [2H]C([2H])([2H])N1CCC(Nc2nc(OC)c3c(-c4ccc5nnn(C6CC(F)(F)C6)c5c4)c(F)cn3n2)C(F)(F)C1. The molecular formula is C23H23F5N8O. The molecule has 4 aromatic rings. The molecule has 1 unspecified atom stereocenters. The first kappa shape index (κ1) is 20.5. The van der Waals surface area contributed by atoms with Crippen LogP contribution in [0.25, 0.3) is 27.7 Å². The Balaban J connectivity index is 1.34. The molecular weight excluding hydrogens is 499 g/mol. The molecule has 9 nitrogen and oxygen atoms in total. The second-order valence-corrected chi connectivity index (χ2v) is 9.41.